The van der Waals surface area contributed by atoms with Crippen LogP contribution in [0.4, 0.5) is 0 Å². The molecular weight excluding hydrogens is 456 g/mol. The number of hydrogen-bond acceptors (Lipinski definition) is 6. The number of nitrogens with zero attached hydrogens (tertiary/aromatic N) is 1. The van der Waals surface area contributed by atoms with Gasteiger partial charge in [0, 0.05) is 10.4 Å². The van der Waals surface area contributed by atoms with E-state index in [-0.39, 0.29) is 35.8 Å². The predicted molar refractivity (Wildman–Crippen MR) is 113 cm³/mol. The predicted octanol–water partition coefficient (Wildman–Crippen LogP) is 1.23. The lowest BCUT2D eigenvalue weighted by Gasteiger charge is -2.39. The zero-order valence-electron chi connectivity index (χ0n) is 18.5. The maximum absolute atomic E-state index is 13.7. The summed E-state index contributed by atoms with van der Waals surface area (Å²) >= 11 is 3.60. The Morgan fingerprint density at radius 1 is 1.40 bits per heavy atom. The maximum atomic E-state index is 13.7. The number of likely N-dealkylation sites (tertiary alicyclic amines) is 1. The highest BCUT2D eigenvalue weighted by molar-refractivity contribution is 9.09. The first-order valence-electron chi connectivity index (χ1n) is 10.6. The molecule has 2 amide bonds. The molecule has 0 aromatic rings. The standard InChI is InChI=1S/C21H33BrN2O6/c1-7-29-19(28)13-14-18(27)24(12(9-25)10(2)3)16(17(26)23-20(4,5)6)21(14)8-11(22)15(13)30-21/h10-16,25H,7-9H2,1-6H3,(H,23,26)/t11?,12-,13+,14-,15+,16?,21?/m0/s1. The number of amides is 2. The van der Waals surface area contributed by atoms with Crippen LogP contribution in [0.15, 0.2) is 0 Å². The molecule has 0 aromatic heterocycles. The zero-order valence-corrected chi connectivity index (χ0v) is 20.1. The van der Waals surface area contributed by atoms with E-state index in [1.165, 1.54) is 4.90 Å². The van der Waals surface area contributed by atoms with Gasteiger partial charge in [-0.3, -0.25) is 14.4 Å². The van der Waals surface area contributed by atoms with Crippen LogP contribution in [0.3, 0.4) is 0 Å². The van der Waals surface area contributed by atoms with E-state index < -0.39 is 47.1 Å². The van der Waals surface area contributed by atoms with Gasteiger partial charge in [0.05, 0.1) is 37.2 Å². The number of rotatable bonds is 6. The molecule has 3 rings (SSSR count). The Labute approximate surface area is 186 Å². The smallest absolute Gasteiger partial charge is 0.312 e. The highest BCUT2D eigenvalue weighted by atomic mass is 79.9. The fraction of sp³-hybridized carbons (Fsp3) is 0.857. The van der Waals surface area contributed by atoms with Crippen molar-refractivity contribution in [3.63, 3.8) is 0 Å². The lowest BCUT2D eigenvalue weighted by molar-refractivity contribution is -0.155. The summed E-state index contributed by atoms with van der Waals surface area (Å²) in [5, 5.41) is 13.1. The number of aliphatic hydroxyl groups excluding tert-OH is 1. The minimum Gasteiger partial charge on any atom is -0.466 e. The van der Waals surface area contributed by atoms with E-state index in [1.807, 2.05) is 34.6 Å². The molecule has 2 N–H and O–H groups in total. The van der Waals surface area contributed by atoms with Crippen LogP contribution in [0, 0.1) is 17.8 Å². The SMILES string of the molecule is CCOC(=O)[C@H]1[C@@H]2OC3(CC2Br)C(C(=O)NC(C)(C)C)N([C@@H](CO)C(C)C)C(=O)[C@H]13. The van der Waals surface area contributed by atoms with Crippen LogP contribution in [-0.2, 0) is 23.9 Å². The van der Waals surface area contributed by atoms with E-state index in [2.05, 4.69) is 21.2 Å². The maximum Gasteiger partial charge on any atom is 0.312 e. The number of ether oxygens (including phenoxy) is 2. The molecular formula is C21H33BrN2O6. The summed E-state index contributed by atoms with van der Waals surface area (Å²) in [6, 6.07) is -1.49. The minimum absolute atomic E-state index is 0.0860. The number of esters is 1. The molecule has 0 radical (unpaired) electrons. The second-order valence-electron chi connectivity index (χ2n) is 9.89. The van der Waals surface area contributed by atoms with Crippen LogP contribution < -0.4 is 5.32 Å². The van der Waals surface area contributed by atoms with Crippen molar-refractivity contribution in [1.82, 2.24) is 10.2 Å². The quantitative estimate of drug-likeness (QED) is 0.430. The Kier molecular flexibility index (Phi) is 6.30. The molecule has 7 atom stereocenters. The van der Waals surface area contributed by atoms with Crippen molar-refractivity contribution in [2.75, 3.05) is 13.2 Å². The minimum atomic E-state index is -1.13. The van der Waals surface area contributed by atoms with Crippen LogP contribution in [0.25, 0.3) is 0 Å². The van der Waals surface area contributed by atoms with Gasteiger partial charge >= 0.3 is 5.97 Å². The fourth-order valence-electron chi connectivity index (χ4n) is 5.29. The number of nitrogens with one attached hydrogen (secondary N) is 1. The van der Waals surface area contributed by atoms with Gasteiger partial charge in [0.25, 0.3) is 0 Å². The van der Waals surface area contributed by atoms with Crippen LogP contribution >= 0.6 is 15.9 Å². The van der Waals surface area contributed by atoms with E-state index in [9.17, 15) is 19.5 Å². The third-order valence-corrected chi connectivity index (χ3v) is 7.19. The van der Waals surface area contributed by atoms with Crippen molar-refractivity contribution in [3.8, 4) is 0 Å². The molecule has 2 bridgehead atoms. The number of halogens is 1. The van der Waals surface area contributed by atoms with Gasteiger partial charge in [-0.15, -0.1) is 0 Å². The second-order valence-corrected chi connectivity index (χ2v) is 11.1. The van der Waals surface area contributed by atoms with Gasteiger partial charge in [0.1, 0.15) is 11.6 Å². The molecule has 3 aliphatic rings. The summed E-state index contributed by atoms with van der Waals surface area (Å²) < 4.78 is 11.6. The molecule has 3 aliphatic heterocycles. The Morgan fingerprint density at radius 2 is 2.03 bits per heavy atom. The van der Waals surface area contributed by atoms with Gasteiger partial charge in [-0.25, -0.2) is 0 Å². The van der Waals surface area contributed by atoms with Gasteiger partial charge in [-0.05, 0) is 40.0 Å². The molecule has 0 saturated carbocycles. The Morgan fingerprint density at radius 3 is 2.53 bits per heavy atom. The number of aliphatic hydroxyl groups is 1. The molecule has 3 fully saturated rings. The summed E-state index contributed by atoms with van der Waals surface area (Å²) in [7, 11) is 0. The lowest BCUT2D eigenvalue weighted by atomic mass is 9.70. The van der Waals surface area contributed by atoms with E-state index in [0.717, 1.165) is 0 Å². The van der Waals surface area contributed by atoms with Crippen molar-refractivity contribution in [1.29, 1.82) is 0 Å². The summed E-state index contributed by atoms with van der Waals surface area (Å²) in [6.45, 7) is 11.0. The van der Waals surface area contributed by atoms with Gasteiger partial charge in [-0.2, -0.15) is 0 Å². The highest BCUT2D eigenvalue weighted by Gasteiger charge is 2.77. The first-order valence-corrected chi connectivity index (χ1v) is 11.5. The molecule has 3 heterocycles. The van der Waals surface area contributed by atoms with Crippen LogP contribution in [0.2, 0.25) is 0 Å². The van der Waals surface area contributed by atoms with Gasteiger partial charge in [-0.1, -0.05) is 29.8 Å². The van der Waals surface area contributed by atoms with Gasteiger partial charge in [0.15, 0.2) is 0 Å². The van der Waals surface area contributed by atoms with Crippen LogP contribution in [-0.4, -0.2) is 75.2 Å². The van der Waals surface area contributed by atoms with Crippen molar-refractivity contribution >= 4 is 33.7 Å². The molecule has 1 spiro atoms. The van der Waals surface area contributed by atoms with Crippen molar-refractivity contribution < 1.29 is 29.0 Å². The molecule has 0 aliphatic carbocycles. The largest absolute Gasteiger partial charge is 0.466 e. The van der Waals surface area contributed by atoms with Crippen molar-refractivity contribution in [2.24, 2.45) is 17.8 Å². The third kappa shape index (κ3) is 3.56. The molecule has 30 heavy (non-hydrogen) atoms. The first-order chi connectivity index (χ1) is 13.9. The Balaban J connectivity index is 2.11. The molecule has 3 saturated heterocycles. The van der Waals surface area contributed by atoms with Crippen LogP contribution in [0.5, 0.6) is 0 Å². The summed E-state index contributed by atoms with van der Waals surface area (Å²) in [5.41, 5.74) is -1.65. The number of carbonyl (C=O) groups excluding carboxylic acids is 3. The fourth-order valence-corrected chi connectivity index (χ4v) is 6.23. The van der Waals surface area contributed by atoms with Gasteiger partial charge < -0.3 is 24.8 Å². The molecule has 0 aromatic carbocycles. The average molecular weight is 489 g/mol. The number of carbonyl (C=O) groups is 3. The molecule has 8 nitrogen and oxygen atoms in total. The molecule has 170 valence electrons. The Bertz CT molecular complexity index is 723. The number of hydrogen-bond donors (Lipinski definition) is 2. The average Bonchev–Trinajstić information content (AvgIpc) is 3.18. The summed E-state index contributed by atoms with van der Waals surface area (Å²) in [4.78, 5) is 41.3. The first kappa shape index (κ1) is 23.5. The normalized spacial score (nSPS) is 36.2. The lowest BCUT2D eigenvalue weighted by Crippen LogP contribution is -2.61. The van der Waals surface area contributed by atoms with Crippen molar-refractivity contribution in [2.45, 2.75) is 82.1 Å². The summed E-state index contributed by atoms with van der Waals surface area (Å²) in [5.74, 6) is -2.80. The topological polar surface area (TPSA) is 105 Å². The van der Waals surface area contributed by atoms with Crippen LogP contribution in [0.1, 0.15) is 48.0 Å². The monoisotopic (exact) mass is 488 g/mol. The van der Waals surface area contributed by atoms with E-state index in [1.54, 1.807) is 6.92 Å². The van der Waals surface area contributed by atoms with Gasteiger partial charge in [0.2, 0.25) is 11.8 Å². The molecule has 3 unspecified atom stereocenters. The van der Waals surface area contributed by atoms with Crippen molar-refractivity contribution in [3.05, 3.63) is 0 Å². The third-order valence-electron chi connectivity index (χ3n) is 6.35. The van der Waals surface area contributed by atoms with E-state index in [4.69, 9.17) is 9.47 Å². The molecule has 9 heteroatoms. The van der Waals surface area contributed by atoms with E-state index >= 15 is 0 Å². The number of alkyl halides is 1. The second kappa shape index (κ2) is 8.06. The highest BCUT2D eigenvalue weighted by Crippen LogP contribution is 2.60. The Hall–Kier alpha value is -1.19. The van der Waals surface area contributed by atoms with E-state index in [0.29, 0.717) is 6.42 Å². The number of fused-ring (bicyclic) bond motifs is 1. The zero-order chi connectivity index (χ0) is 22.6. The summed E-state index contributed by atoms with van der Waals surface area (Å²) in [6.07, 6.45) is -0.101.